The molecule has 0 aliphatic heterocycles. The van der Waals surface area contributed by atoms with Crippen molar-refractivity contribution in [1.29, 1.82) is 0 Å². The van der Waals surface area contributed by atoms with E-state index in [9.17, 15) is 0 Å². The lowest BCUT2D eigenvalue weighted by Crippen LogP contribution is -2.11. The number of hydrogen-bond acceptors (Lipinski definition) is 2. The van der Waals surface area contributed by atoms with Gasteiger partial charge in [0.25, 0.3) is 0 Å². The third-order valence-electron chi connectivity index (χ3n) is 3.52. The molecule has 1 nitrogen and oxygen atoms in total. The lowest BCUT2D eigenvalue weighted by Gasteiger charge is -2.10. The summed E-state index contributed by atoms with van der Waals surface area (Å²) < 4.78 is 0. The van der Waals surface area contributed by atoms with Gasteiger partial charge < -0.3 is 5.32 Å². The molecule has 1 aromatic carbocycles. The summed E-state index contributed by atoms with van der Waals surface area (Å²) in [5.41, 5.74) is 1.27. The summed E-state index contributed by atoms with van der Waals surface area (Å²) in [6, 6.07) is 6.46. The number of rotatable bonds is 6. The quantitative estimate of drug-likeness (QED) is 0.758. The Hall–Kier alpha value is -0.180. The molecule has 0 unspecified atom stereocenters. The Balaban J connectivity index is 1.87. The first-order valence-electron chi connectivity index (χ1n) is 6.91. The number of benzene rings is 1. The zero-order valence-electron chi connectivity index (χ0n) is 11.0. The van der Waals surface area contributed by atoms with Crippen LogP contribution in [0.4, 0.5) is 0 Å². The highest BCUT2D eigenvalue weighted by molar-refractivity contribution is 7.99. The van der Waals surface area contributed by atoms with E-state index in [4.69, 9.17) is 11.6 Å². The maximum atomic E-state index is 6.35. The van der Waals surface area contributed by atoms with Crippen molar-refractivity contribution in [1.82, 2.24) is 5.32 Å². The Morgan fingerprint density at radius 2 is 2.11 bits per heavy atom. The van der Waals surface area contributed by atoms with Crippen molar-refractivity contribution in [3.05, 3.63) is 28.8 Å². The summed E-state index contributed by atoms with van der Waals surface area (Å²) in [5, 5.41) is 4.23. The molecular formula is C15H22ClNS. The molecule has 1 N–H and O–H groups in total. The molecule has 0 spiro atoms. The Morgan fingerprint density at radius 1 is 1.33 bits per heavy atom. The van der Waals surface area contributed by atoms with Gasteiger partial charge in [0.2, 0.25) is 0 Å². The zero-order valence-corrected chi connectivity index (χ0v) is 12.6. The van der Waals surface area contributed by atoms with Crippen molar-refractivity contribution in [3.8, 4) is 0 Å². The van der Waals surface area contributed by atoms with Crippen LogP contribution in [0.25, 0.3) is 0 Å². The van der Waals surface area contributed by atoms with Crippen LogP contribution in [0.1, 0.15) is 38.2 Å². The van der Waals surface area contributed by atoms with E-state index in [2.05, 4.69) is 30.4 Å². The van der Waals surface area contributed by atoms with Crippen LogP contribution >= 0.6 is 23.4 Å². The van der Waals surface area contributed by atoms with Gasteiger partial charge in [0.15, 0.2) is 0 Å². The zero-order chi connectivity index (χ0) is 12.8. The third kappa shape index (κ3) is 4.18. The molecule has 0 saturated heterocycles. The predicted octanol–water partition coefficient (Wildman–Crippen LogP) is 4.73. The van der Waals surface area contributed by atoms with E-state index in [0.29, 0.717) is 0 Å². The number of nitrogens with one attached hydrogen (secondary N) is 1. The van der Waals surface area contributed by atoms with Crippen LogP contribution in [0.5, 0.6) is 0 Å². The fourth-order valence-electron chi connectivity index (χ4n) is 2.43. The van der Waals surface area contributed by atoms with Crippen LogP contribution in [0.3, 0.4) is 0 Å². The van der Waals surface area contributed by atoms with E-state index in [1.54, 1.807) is 0 Å². The predicted molar refractivity (Wildman–Crippen MR) is 81.5 cm³/mol. The average Bonchev–Trinajstić information content (AvgIpc) is 2.88. The largest absolute Gasteiger partial charge is 0.313 e. The van der Waals surface area contributed by atoms with Gasteiger partial charge in [-0.05, 0) is 43.0 Å². The minimum atomic E-state index is 0.907. The molecule has 1 aliphatic carbocycles. The maximum Gasteiger partial charge on any atom is 0.0545 e. The molecule has 0 bridgehead atoms. The van der Waals surface area contributed by atoms with E-state index in [1.807, 2.05) is 11.8 Å². The SMILES string of the molecule is CCNCc1ccc(SCC2CCCC2)c(Cl)c1. The third-order valence-corrected chi connectivity index (χ3v) is 5.25. The van der Waals surface area contributed by atoms with Crippen molar-refractivity contribution in [2.24, 2.45) is 5.92 Å². The lowest BCUT2D eigenvalue weighted by atomic mass is 10.1. The molecule has 0 radical (unpaired) electrons. The molecular weight excluding hydrogens is 262 g/mol. The summed E-state index contributed by atoms with van der Waals surface area (Å²) in [4.78, 5) is 1.24. The van der Waals surface area contributed by atoms with Crippen molar-refractivity contribution >= 4 is 23.4 Å². The van der Waals surface area contributed by atoms with Gasteiger partial charge in [-0.1, -0.05) is 37.4 Å². The Labute approximate surface area is 120 Å². The Kier molecular flexibility index (Phi) is 5.87. The second-order valence-electron chi connectivity index (χ2n) is 5.01. The smallest absolute Gasteiger partial charge is 0.0545 e. The van der Waals surface area contributed by atoms with Gasteiger partial charge in [0, 0.05) is 17.2 Å². The fraction of sp³-hybridized carbons (Fsp3) is 0.600. The van der Waals surface area contributed by atoms with Gasteiger partial charge in [-0.2, -0.15) is 0 Å². The maximum absolute atomic E-state index is 6.35. The standard InChI is InChI=1S/C15H22ClNS/c1-2-17-10-13-7-8-15(14(16)9-13)18-11-12-5-3-4-6-12/h7-9,12,17H,2-6,10-11H2,1H3. The van der Waals surface area contributed by atoms with Crippen LogP contribution in [0.15, 0.2) is 23.1 Å². The van der Waals surface area contributed by atoms with E-state index in [-0.39, 0.29) is 0 Å². The van der Waals surface area contributed by atoms with E-state index in [1.165, 1.54) is 41.9 Å². The summed E-state index contributed by atoms with van der Waals surface area (Å²) in [6.45, 7) is 4.02. The molecule has 1 fully saturated rings. The monoisotopic (exact) mass is 283 g/mol. The van der Waals surface area contributed by atoms with Crippen LogP contribution in [-0.4, -0.2) is 12.3 Å². The highest BCUT2D eigenvalue weighted by Gasteiger charge is 2.15. The van der Waals surface area contributed by atoms with Crippen molar-refractivity contribution in [3.63, 3.8) is 0 Å². The number of thioether (sulfide) groups is 1. The van der Waals surface area contributed by atoms with E-state index < -0.39 is 0 Å². The van der Waals surface area contributed by atoms with Crippen molar-refractivity contribution < 1.29 is 0 Å². The number of halogens is 1. The first-order valence-corrected chi connectivity index (χ1v) is 8.28. The molecule has 18 heavy (non-hydrogen) atoms. The minimum absolute atomic E-state index is 0.907. The van der Waals surface area contributed by atoms with Crippen LogP contribution in [0, 0.1) is 5.92 Å². The Bertz CT molecular complexity index is 375. The molecule has 3 heteroatoms. The topological polar surface area (TPSA) is 12.0 Å². The first kappa shape index (κ1) is 14.2. The normalized spacial score (nSPS) is 16.3. The molecule has 0 aromatic heterocycles. The average molecular weight is 284 g/mol. The van der Waals surface area contributed by atoms with Crippen molar-refractivity contribution in [2.75, 3.05) is 12.3 Å². The van der Waals surface area contributed by atoms with E-state index in [0.717, 1.165) is 24.0 Å². The van der Waals surface area contributed by atoms with Crippen molar-refractivity contribution in [2.45, 2.75) is 44.0 Å². The van der Waals surface area contributed by atoms with Crippen LogP contribution in [-0.2, 0) is 6.54 Å². The molecule has 1 aromatic rings. The molecule has 0 amide bonds. The minimum Gasteiger partial charge on any atom is -0.313 e. The van der Waals surface area contributed by atoms with Crippen LogP contribution < -0.4 is 5.32 Å². The molecule has 0 heterocycles. The first-order chi connectivity index (χ1) is 8.79. The molecule has 100 valence electrons. The van der Waals surface area contributed by atoms with Crippen LogP contribution in [0.2, 0.25) is 5.02 Å². The Morgan fingerprint density at radius 3 is 2.78 bits per heavy atom. The van der Waals surface area contributed by atoms with Gasteiger partial charge in [0.05, 0.1) is 5.02 Å². The molecule has 1 saturated carbocycles. The van der Waals surface area contributed by atoms with Gasteiger partial charge >= 0.3 is 0 Å². The molecule has 0 atom stereocenters. The summed E-state index contributed by atoms with van der Waals surface area (Å²) in [6.07, 6.45) is 5.65. The molecule has 2 rings (SSSR count). The van der Waals surface area contributed by atoms with Gasteiger partial charge in [-0.15, -0.1) is 11.8 Å². The second kappa shape index (κ2) is 7.42. The highest BCUT2D eigenvalue weighted by Crippen LogP contribution is 2.34. The second-order valence-corrected chi connectivity index (χ2v) is 6.48. The van der Waals surface area contributed by atoms with Gasteiger partial charge in [0.1, 0.15) is 0 Å². The highest BCUT2D eigenvalue weighted by atomic mass is 35.5. The van der Waals surface area contributed by atoms with E-state index >= 15 is 0 Å². The fourth-order valence-corrected chi connectivity index (χ4v) is 3.90. The van der Waals surface area contributed by atoms with Gasteiger partial charge in [-0.3, -0.25) is 0 Å². The number of hydrogen-bond donors (Lipinski definition) is 1. The summed E-state index contributed by atoms with van der Waals surface area (Å²) in [5.74, 6) is 2.14. The molecule has 1 aliphatic rings. The lowest BCUT2D eigenvalue weighted by molar-refractivity contribution is 0.623. The van der Waals surface area contributed by atoms with Gasteiger partial charge in [-0.25, -0.2) is 0 Å². The summed E-state index contributed by atoms with van der Waals surface area (Å²) >= 11 is 8.27. The summed E-state index contributed by atoms with van der Waals surface area (Å²) in [7, 11) is 0.